The first-order chi connectivity index (χ1) is 9.71. The Kier molecular flexibility index (Phi) is 3.91. The summed E-state index contributed by atoms with van der Waals surface area (Å²) < 4.78 is 5.09. The van der Waals surface area contributed by atoms with Gasteiger partial charge in [0, 0.05) is 17.9 Å². The molecule has 0 heterocycles. The van der Waals surface area contributed by atoms with Crippen molar-refractivity contribution in [1.29, 1.82) is 0 Å². The van der Waals surface area contributed by atoms with E-state index in [9.17, 15) is 4.79 Å². The molecule has 0 aliphatic heterocycles. The first-order valence-corrected chi connectivity index (χ1v) is 7.52. The van der Waals surface area contributed by atoms with Crippen molar-refractivity contribution in [2.75, 3.05) is 24.2 Å². The fraction of sp³-hybridized carbons (Fsp3) is 0.588. The second-order valence-corrected chi connectivity index (χ2v) is 6.90. The molecule has 1 fully saturated rings. The van der Waals surface area contributed by atoms with Crippen LogP contribution in [-0.4, -0.2) is 19.1 Å². The summed E-state index contributed by atoms with van der Waals surface area (Å²) in [5.74, 6) is 0.249. The molecule has 0 bridgehead atoms. The van der Waals surface area contributed by atoms with E-state index in [4.69, 9.17) is 10.5 Å². The summed E-state index contributed by atoms with van der Waals surface area (Å²) in [5, 5.41) is 3.40. The molecule has 1 aliphatic carbocycles. The van der Waals surface area contributed by atoms with Crippen LogP contribution in [0.3, 0.4) is 0 Å². The lowest BCUT2D eigenvalue weighted by molar-refractivity contribution is 0.0527. The first-order valence-electron chi connectivity index (χ1n) is 7.52. The maximum absolute atomic E-state index is 12.0. The van der Waals surface area contributed by atoms with Crippen LogP contribution in [0.25, 0.3) is 0 Å². The van der Waals surface area contributed by atoms with Crippen LogP contribution in [0.1, 0.15) is 45.0 Å². The number of carbonyl (C=O) groups excluding carboxylic acids is 1. The monoisotopic (exact) mass is 290 g/mol. The molecule has 4 heteroatoms. The van der Waals surface area contributed by atoms with Crippen molar-refractivity contribution in [3.63, 3.8) is 0 Å². The molecule has 1 saturated carbocycles. The van der Waals surface area contributed by atoms with Gasteiger partial charge in [-0.2, -0.15) is 0 Å². The molecule has 0 saturated heterocycles. The van der Waals surface area contributed by atoms with Crippen molar-refractivity contribution >= 4 is 17.3 Å². The second kappa shape index (κ2) is 5.24. The topological polar surface area (TPSA) is 64.3 Å². The van der Waals surface area contributed by atoms with Gasteiger partial charge in [-0.15, -0.1) is 0 Å². The average molecular weight is 290 g/mol. The number of nitrogens with one attached hydrogen (secondary N) is 1. The number of carbonyl (C=O) groups is 1. The zero-order valence-corrected chi connectivity index (χ0v) is 13.6. The summed E-state index contributed by atoms with van der Waals surface area (Å²) in [7, 11) is 0. The van der Waals surface area contributed by atoms with Crippen molar-refractivity contribution in [2.24, 2.45) is 16.7 Å². The molecule has 1 aromatic rings. The van der Waals surface area contributed by atoms with Crippen LogP contribution in [0.15, 0.2) is 18.2 Å². The Bertz CT molecular complexity index is 536. The molecule has 0 amide bonds. The number of rotatable bonds is 5. The van der Waals surface area contributed by atoms with Crippen LogP contribution in [0.5, 0.6) is 0 Å². The van der Waals surface area contributed by atoms with E-state index in [2.05, 4.69) is 33.0 Å². The van der Waals surface area contributed by atoms with Gasteiger partial charge >= 0.3 is 5.97 Å². The predicted molar refractivity (Wildman–Crippen MR) is 86.4 cm³/mol. The lowest BCUT2D eigenvalue weighted by atomic mass is 10.0. The minimum atomic E-state index is -0.332. The largest absolute Gasteiger partial charge is 0.462 e. The number of hydrogen-bond acceptors (Lipinski definition) is 4. The van der Waals surface area contributed by atoms with E-state index in [1.807, 2.05) is 6.07 Å². The zero-order valence-electron chi connectivity index (χ0n) is 13.6. The molecular formula is C17H26N2O2. The van der Waals surface area contributed by atoms with E-state index in [1.165, 1.54) is 0 Å². The summed E-state index contributed by atoms with van der Waals surface area (Å²) in [4.78, 5) is 12.0. The lowest BCUT2D eigenvalue weighted by Crippen LogP contribution is -2.13. The number of ether oxygens (including phenoxy) is 1. The van der Waals surface area contributed by atoms with Crippen LogP contribution < -0.4 is 11.1 Å². The van der Waals surface area contributed by atoms with Crippen LogP contribution in [-0.2, 0) is 4.74 Å². The molecule has 2 rings (SSSR count). The Hall–Kier alpha value is -1.71. The molecule has 0 spiro atoms. The highest BCUT2D eigenvalue weighted by Crippen LogP contribution is 2.68. The van der Waals surface area contributed by atoms with Crippen molar-refractivity contribution in [3.8, 4) is 0 Å². The molecular weight excluding hydrogens is 264 g/mol. The molecule has 0 unspecified atom stereocenters. The molecule has 0 atom stereocenters. The van der Waals surface area contributed by atoms with Gasteiger partial charge < -0.3 is 15.8 Å². The van der Waals surface area contributed by atoms with E-state index in [-0.39, 0.29) is 5.97 Å². The predicted octanol–water partition coefficient (Wildman–Crippen LogP) is 3.54. The molecule has 1 aliphatic rings. The van der Waals surface area contributed by atoms with Gasteiger partial charge in [0.1, 0.15) is 0 Å². The third kappa shape index (κ3) is 2.71. The minimum absolute atomic E-state index is 0.317. The van der Waals surface area contributed by atoms with E-state index in [1.54, 1.807) is 19.1 Å². The van der Waals surface area contributed by atoms with E-state index in [0.717, 1.165) is 12.2 Å². The summed E-state index contributed by atoms with van der Waals surface area (Å²) >= 11 is 0. The van der Waals surface area contributed by atoms with Crippen LogP contribution in [0, 0.1) is 16.7 Å². The van der Waals surface area contributed by atoms with Gasteiger partial charge in [0.25, 0.3) is 0 Å². The van der Waals surface area contributed by atoms with Gasteiger partial charge in [-0.3, -0.25) is 0 Å². The van der Waals surface area contributed by atoms with Gasteiger partial charge in [-0.25, -0.2) is 4.79 Å². The number of anilines is 2. The molecule has 1 aromatic carbocycles. The van der Waals surface area contributed by atoms with Crippen molar-refractivity contribution in [1.82, 2.24) is 0 Å². The Morgan fingerprint density at radius 3 is 2.43 bits per heavy atom. The average Bonchev–Trinajstić information content (AvgIpc) is 2.78. The van der Waals surface area contributed by atoms with Crippen molar-refractivity contribution < 1.29 is 9.53 Å². The number of nitrogen functional groups attached to an aromatic ring is 1. The SMILES string of the molecule is CCOC(=O)c1cc(N)ccc1NCC1C(C)(C)C1(C)C. The first kappa shape index (κ1) is 15.7. The van der Waals surface area contributed by atoms with Gasteiger partial charge in [0.2, 0.25) is 0 Å². The number of nitrogens with two attached hydrogens (primary N) is 1. The Balaban J connectivity index is 2.12. The van der Waals surface area contributed by atoms with E-state index < -0.39 is 0 Å². The summed E-state index contributed by atoms with van der Waals surface area (Å²) in [6.07, 6.45) is 0. The number of benzene rings is 1. The van der Waals surface area contributed by atoms with Crippen LogP contribution in [0.2, 0.25) is 0 Å². The van der Waals surface area contributed by atoms with Crippen LogP contribution >= 0.6 is 0 Å². The van der Waals surface area contributed by atoms with Crippen molar-refractivity contribution in [2.45, 2.75) is 34.6 Å². The van der Waals surface area contributed by atoms with Gasteiger partial charge in [-0.1, -0.05) is 27.7 Å². The quantitative estimate of drug-likeness (QED) is 0.643. The fourth-order valence-electron chi connectivity index (χ4n) is 3.15. The highest BCUT2D eigenvalue weighted by molar-refractivity contribution is 5.96. The number of esters is 1. The highest BCUT2D eigenvalue weighted by Gasteiger charge is 2.64. The number of hydrogen-bond donors (Lipinski definition) is 2. The summed E-state index contributed by atoms with van der Waals surface area (Å²) in [6, 6.07) is 5.32. The molecule has 4 nitrogen and oxygen atoms in total. The fourth-order valence-corrected chi connectivity index (χ4v) is 3.15. The summed E-state index contributed by atoms with van der Waals surface area (Å²) in [5.41, 5.74) is 8.28. The molecule has 0 radical (unpaired) electrons. The highest BCUT2D eigenvalue weighted by atomic mass is 16.5. The molecule has 0 aromatic heterocycles. The second-order valence-electron chi connectivity index (χ2n) is 6.90. The van der Waals surface area contributed by atoms with E-state index in [0.29, 0.717) is 34.6 Å². The van der Waals surface area contributed by atoms with Gasteiger partial charge in [0.05, 0.1) is 12.2 Å². The zero-order chi connectivity index (χ0) is 15.8. The Labute approximate surface area is 127 Å². The van der Waals surface area contributed by atoms with Gasteiger partial charge in [-0.05, 0) is 41.9 Å². The maximum Gasteiger partial charge on any atom is 0.340 e. The molecule has 21 heavy (non-hydrogen) atoms. The standard InChI is InChI=1S/C17H26N2O2/c1-6-21-15(20)12-9-11(18)7-8-13(12)19-10-14-16(2,3)17(14,4)5/h7-9,14,19H,6,10,18H2,1-5H3. The maximum atomic E-state index is 12.0. The smallest absolute Gasteiger partial charge is 0.340 e. The Morgan fingerprint density at radius 1 is 1.29 bits per heavy atom. The van der Waals surface area contributed by atoms with Gasteiger partial charge in [0.15, 0.2) is 0 Å². The normalized spacial score (nSPS) is 19.1. The Morgan fingerprint density at radius 2 is 1.90 bits per heavy atom. The lowest BCUT2D eigenvalue weighted by Gasteiger charge is -2.13. The van der Waals surface area contributed by atoms with Crippen LogP contribution in [0.4, 0.5) is 11.4 Å². The molecule has 116 valence electrons. The third-order valence-corrected chi connectivity index (χ3v) is 5.36. The van der Waals surface area contributed by atoms with Crippen molar-refractivity contribution in [3.05, 3.63) is 23.8 Å². The summed E-state index contributed by atoms with van der Waals surface area (Å²) in [6.45, 7) is 12.1. The third-order valence-electron chi connectivity index (χ3n) is 5.36. The minimum Gasteiger partial charge on any atom is -0.462 e. The molecule has 3 N–H and O–H groups in total. The van der Waals surface area contributed by atoms with E-state index >= 15 is 0 Å².